The lowest BCUT2D eigenvalue weighted by molar-refractivity contribution is -0.135. The number of likely N-dealkylation sites (tertiary alicyclic amines) is 1. The number of amides is 3. The molecule has 0 radical (unpaired) electrons. The van der Waals surface area contributed by atoms with Gasteiger partial charge in [-0.25, -0.2) is 4.79 Å². The fraction of sp³-hybridized carbons (Fsp3) is 0.519. The second kappa shape index (κ2) is 9.64. The lowest BCUT2D eigenvalue weighted by atomic mass is 9.97. The highest BCUT2D eigenvalue weighted by Crippen LogP contribution is 2.34. The number of imide groups is 1. The molecule has 2 aliphatic rings. The number of carbonyl (C=O) groups excluding carboxylic acids is 3. The summed E-state index contributed by atoms with van der Waals surface area (Å²) in [6.45, 7) is 9.75. The van der Waals surface area contributed by atoms with Gasteiger partial charge in [0.1, 0.15) is 11.6 Å². The van der Waals surface area contributed by atoms with Gasteiger partial charge in [-0.05, 0) is 64.5 Å². The van der Waals surface area contributed by atoms with Crippen LogP contribution in [0.3, 0.4) is 0 Å². The molecular weight excluding hydrogens is 472 g/mol. The molecule has 10 nitrogen and oxygen atoms in total. The second-order valence-corrected chi connectivity index (χ2v) is 11.1. The van der Waals surface area contributed by atoms with E-state index in [1.165, 1.54) is 0 Å². The Kier molecular flexibility index (Phi) is 6.51. The van der Waals surface area contributed by atoms with E-state index in [-0.39, 0.29) is 17.9 Å². The van der Waals surface area contributed by atoms with E-state index in [0.717, 1.165) is 47.1 Å². The van der Waals surface area contributed by atoms with Crippen LogP contribution in [-0.4, -0.2) is 61.1 Å². The third-order valence-corrected chi connectivity index (χ3v) is 7.07. The number of nitrogens with zero attached hydrogens (tertiary/aromatic N) is 5. The van der Waals surface area contributed by atoms with Crippen molar-refractivity contribution in [2.75, 3.05) is 13.1 Å². The molecule has 2 saturated heterocycles. The number of rotatable bonds is 4. The fourth-order valence-corrected chi connectivity index (χ4v) is 5.26. The highest BCUT2D eigenvalue weighted by atomic mass is 16.6. The summed E-state index contributed by atoms with van der Waals surface area (Å²) in [5, 5.41) is 12.7. The van der Waals surface area contributed by atoms with Gasteiger partial charge in [0.2, 0.25) is 5.91 Å². The minimum atomic E-state index is -0.501. The van der Waals surface area contributed by atoms with Gasteiger partial charge >= 0.3 is 6.09 Å². The maximum Gasteiger partial charge on any atom is 0.410 e. The Hall–Kier alpha value is -3.69. The summed E-state index contributed by atoms with van der Waals surface area (Å²) in [5.41, 5.74) is 3.21. The zero-order valence-corrected chi connectivity index (χ0v) is 21.9. The molecule has 5 rings (SSSR count). The van der Waals surface area contributed by atoms with Crippen molar-refractivity contribution in [3.63, 3.8) is 0 Å². The normalized spacial score (nSPS) is 19.4. The summed E-state index contributed by atoms with van der Waals surface area (Å²) in [6.07, 6.45) is 6.23. The summed E-state index contributed by atoms with van der Waals surface area (Å²) in [7, 11) is 0. The van der Waals surface area contributed by atoms with Crippen molar-refractivity contribution in [1.29, 1.82) is 0 Å². The summed E-state index contributed by atoms with van der Waals surface area (Å²) >= 11 is 0. The SMILES string of the molecule is Cc1nn(C2CCC(=O)NC2=O)c2cccc(-c3cnn(CC4CCN(C(=O)OC(C)(C)C)CC4)c3)c12. The molecule has 196 valence electrons. The number of aryl methyl sites for hydroxylation is 1. The largest absolute Gasteiger partial charge is 0.444 e. The monoisotopic (exact) mass is 506 g/mol. The van der Waals surface area contributed by atoms with Crippen LogP contribution < -0.4 is 5.32 Å². The molecular formula is C27H34N6O4. The van der Waals surface area contributed by atoms with Crippen LogP contribution in [0.1, 0.15) is 58.2 Å². The van der Waals surface area contributed by atoms with E-state index in [0.29, 0.717) is 31.8 Å². The Labute approximate surface area is 215 Å². The van der Waals surface area contributed by atoms with Gasteiger partial charge in [0.15, 0.2) is 0 Å². The van der Waals surface area contributed by atoms with E-state index < -0.39 is 11.6 Å². The Bertz CT molecular complexity index is 1340. The number of aromatic nitrogens is 4. The number of benzene rings is 1. The molecule has 3 aromatic rings. The van der Waals surface area contributed by atoms with Crippen molar-refractivity contribution in [1.82, 2.24) is 29.8 Å². The van der Waals surface area contributed by atoms with Gasteiger partial charge in [-0.2, -0.15) is 10.2 Å². The smallest absolute Gasteiger partial charge is 0.410 e. The molecule has 4 heterocycles. The first-order valence-corrected chi connectivity index (χ1v) is 12.9. The Morgan fingerprint density at radius 3 is 2.62 bits per heavy atom. The maximum absolute atomic E-state index is 12.5. The Morgan fingerprint density at radius 2 is 1.92 bits per heavy atom. The second-order valence-electron chi connectivity index (χ2n) is 11.1. The molecule has 0 aliphatic carbocycles. The van der Waals surface area contributed by atoms with Gasteiger partial charge in [-0.3, -0.25) is 24.3 Å². The van der Waals surface area contributed by atoms with Gasteiger partial charge in [0, 0.05) is 43.2 Å². The van der Waals surface area contributed by atoms with Gasteiger partial charge < -0.3 is 9.64 Å². The van der Waals surface area contributed by atoms with Crippen molar-refractivity contribution < 1.29 is 19.1 Å². The molecule has 1 N–H and O–H groups in total. The van der Waals surface area contributed by atoms with Crippen molar-refractivity contribution in [2.24, 2.45) is 5.92 Å². The average molecular weight is 507 g/mol. The summed E-state index contributed by atoms with van der Waals surface area (Å²) < 4.78 is 9.23. The third kappa shape index (κ3) is 5.23. The molecule has 2 fully saturated rings. The van der Waals surface area contributed by atoms with E-state index in [9.17, 15) is 14.4 Å². The molecule has 3 amide bonds. The van der Waals surface area contributed by atoms with Crippen LogP contribution in [0.15, 0.2) is 30.6 Å². The van der Waals surface area contributed by atoms with E-state index >= 15 is 0 Å². The van der Waals surface area contributed by atoms with E-state index in [2.05, 4.69) is 16.6 Å². The number of hydrogen-bond acceptors (Lipinski definition) is 6. The lowest BCUT2D eigenvalue weighted by Gasteiger charge is -2.33. The summed E-state index contributed by atoms with van der Waals surface area (Å²) in [4.78, 5) is 38.2. The molecule has 10 heteroatoms. The highest BCUT2D eigenvalue weighted by molar-refractivity contribution is 6.01. The van der Waals surface area contributed by atoms with Crippen LogP contribution in [0.5, 0.6) is 0 Å². The van der Waals surface area contributed by atoms with E-state index in [4.69, 9.17) is 9.84 Å². The summed E-state index contributed by atoms with van der Waals surface area (Å²) in [6, 6.07) is 5.47. The van der Waals surface area contributed by atoms with Crippen molar-refractivity contribution in [3.05, 3.63) is 36.3 Å². The number of fused-ring (bicyclic) bond motifs is 1. The van der Waals surface area contributed by atoms with Crippen molar-refractivity contribution >= 4 is 28.8 Å². The molecule has 1 aromatic carbocycles. The topological polar surface area (TPSA) is 111 Å². The quantitative estimate of drug-likeness (QED) is 0.539. The predicted octanol–water partition coefficient (Wildman–Crippen LogP) is 3.83. The number of piperidine rings is 2. The molecule has 0 bridgehead atoms. The maximum atomic E-state index is 12.5. The van der Waals surface area contributed by atoms with E-state index in [1.807, 2.05) is 56.8 Å². The standard InChI is InChI=1S/C27H34N6O4/c1-17-24-20(6-5-7-21(24)33(30-17)22-8-9-23(34)29-25(22)35)19-14-28-32(16-19)15-18-10-12-31(13-11-18)26(36)37-27(2,3)4/h5-7,14,16,18,22H,8-13,15H2,1-4H3,(H,29,34,35). The molecule has 1 unspecified atom stereocenters. The highest BCUT2D eigenvalue weighted by Gasteiger charge is 2.31. The average Bonchev–Trinajstić information content (AvgIpc) is 3.43. The lowest BCUT2D eigenvalue weighted by Crippen LogP contribution is -2.42. The van der Waals surface area contributed by atoms with Crippen LogP contribution in [0, 0.1) is 12.8 Å². The molecule has 2 aliphatic heterocycles. The van der Waals surface area contributed by atoms with Gasteiger partial charge in [-0.1, -0.05) is 12.1 Å². The molecule has 0 spiro atoms. The summed E-state index contributed by atoms with van der Waals surface area (Å²) in [5.74, 6) is -0.117. The zero-order chi connectivity index (χ0) is 26.3. The molecule has 1 atom stereocenters. The number of ether oxygens (including phenoxy) is 1. The fourth-order valence-electron chi connectivity index (χ4n) is 5.26. The minimum Gasteiger partial charge on any atom is -0.444 e. The van der Waals surface area contributed by atoms with Crippen LogP contribution in [-0.2, 0) is 20.9 Å². The molecule has 37 heavy (non-hydrogen) atoms. The first kappa shape index (κ1) is 25.0. The van der Waals surface area contributed by atoms with Gasteiger partial charge in [0.05, 0.1) is 17.4 Å². The Balaban J connectivity index is 1.30. The van der Waals surface area contributed by atoms with Crippen LogP contribution in [0.4, 0.5) is 4.79 Å². The zero-order valence-electron chi connectivity index (χ0n) is 21.9. The Morgan fingerprint density at radius 1 is 1.16 bits per heavy atom. The first-order valence-electron chi connectivity index (χ1n) is 12.9. The van der Waals surface area contributed by atoms with Crippen LogP contribution in [0.25, 0.3) is 22.0 Å². The van der Waals surface area contributed by atoms with Crippen molar-refractivity contribution in [3.8, 4) is 11.1 Å². The third-order valence-electron chi connectivity index (χ3n) is 7.07. The number of carbonyl (C=O) groups is 3. The van der Waals surface area contributed by atoms with Crippen molar-refractivity contribution in [2.45, 2.75) is 71.6 Å². The van der Waals surface area contributed by atoms with E-state index in [1.54, 1.807) is 9.58 Å². The molecule has 2 aromatic heterocycles. The first-order chi connectivity index (χ1) is 17.6. The minimum absolute atomic E-state index is 0.238. The number of nitrogens with one attached hydrogen (secondary N) is 1. The van der Waals surface area contributed by atoms with Gasteiger partial charge in [-0.15, -0.1) is 0 Å². The van der Waals surface area contributed by atoms with Crippen LogP contribution in [0.2, 0.25) is 0 Å². The molecule has 0 saturated carbocycles. The predicted molar refractivity (Wildman–Crippen MR) is 138 cm³/mol. The number of hydrogen-bond donors (Lipinski definition) is 1. The van der Waals surface area contributed by atoms with Gasteiger partial charge in [0.25, 0.3) is 5.91 Å². The van der Waals surface area contributed by atoms with Crippen LogP contribution >= 0.6 is 0 Å².